The van der Waals surface area contributed by atoms with Gasteiger partial charge in [0.05, 0.1) is 4.90 Å². The van der Waals surface area contributed by atoms with Crippen molar-refractivity contribution in [2.24, 2.45) is 5.14 Å². The van der Waals surface area contributed by atoms with E-state index in [0.717, 1.165) is 5.56 Å². The number of primary sulfonamides is 1. The maximum atomic E-state index is 11.8. The molecule has 0 radical (unpaired) electrons. The van der Waals surface area contributed by atoms with Crippen molar-refractivity contribution in [3.05, 3.63) is 65.7 Å². The van der Waals surface area contributed by atoms with Crippen LogP contribution in [-0.4, -0.2) is 26.9 Å². The van der Waals surface area contributed by atoms with Gasteiger partial charge >= 0.3 is 5.97 Å². The summed E-state index contributed by atoms with van der Waals surface area (Å²) in [5.41, 5.74) is 2.41. The second-order valence-corrected chi connectivity index (χ2v) is 7.94. The van der Waals surface area contributed by atoms with E-state index in [9.17, 15) is 18.0 Å². The number of carbonyl (C=O) groups excluding carboxylic acids is 2. The van der Waals surface area contributed by atoms with Crippen LogP contribution in [0.1, 0.15) is 30.9 Å². The lowest BCUT2D eigenvalue weighted by Gasteiger charge is -2.06. The largest absolute Gasteiger partial charge is 0.452 e. The van der Waals surface area contributed by atoms with Gasteiger partial charge in [-0.3, -0.25) is 4.79 Å². The van der Waals surface area contributed by atoms with Crippen LogP contribution < -0.4 is 10.5 Å². The standard InChI is InChI=1S/C20H22N2O5S/c1-14(2)16-6-3-15(4-7-16)5-12-20(24)27-13-19(23)22-17-8-10-18(11-9-17)28(21,25)26/h3-12,14H,13H2,1-2H3,(H,22,23)(H2,21,25,26)/b12-5+. The first-order chi connectivity index (χ1) is 13.1. The van der Waals surface area contributed by atoms with E-state index in [1.165, 1.54) is 35.9 Å². The Morgan fingerprint density at radius 2 is 1.68 bits per heavy atom. The molecule has 2 rings (SSSR count). The third-order valence-corrected chi connectivity index (χ3v) is 4.76. The summed E-state index contributed by atoms with van der Waals surface area (Å²) in [6, 6.07) is 13.1. The Bertz CT molecular complexity index is 963. The predicted octanol–water partition coefficient (Wildman–Crippen LogP) is 2.65. The van der Waals surface area contributed by atoms with Crippen LogP contribution in [0.2, 0.25) is 0 Å². The number of amides is 1. The quantitative estimate of drug-likeness (QED) is 0.546. The zero-order chi connectivity index (χ0) is 20.7. The number of nitrogens with two attached hydrogens (primary N) is 1. The maximum absolute atomic E-state index is 11.8. The molecule has 0 bridgehead atoms. The Hall–Kier alpha value is -2.97. The first kappa shape index (κ1) is 21.3. The second-order valence-electron chi connectivity index (χ2n) is 6.38. The number of hydrogen-bond donors (Lipinski definition) is 2. The lowest BCUT2D eigenvalue weighted by molar-refractivity contribution is -0.142. The first-order valence-electron chi connectivity index (χ1n) is 8.52. The molecule has 2 aromatic carbocycles. The molecule has 0 aliphatic rings. The van der Waals surface area contributed by atoms with Gasteiger partial charge in [0.2, 0.25) is 10.0 Å². The molecule has 0 saturated carbocycles. The number of hydrogen-bond acceptors (Lipinski definition) is 5. The van der Waals surface area contributed by atoms with Crippen LogP contribution in [0.4, 0.5) is 5.69 Å². The summed E-state index contributed by atoms with van der Waals surface area (Å²) in [7, 11) is -3.80. The van der Waals surface area contributed by atoms with E-state index < -0.39 is 28.5 Å². The predicted molar refractivity (Wildman–Crippen MR) is 107 cm³/mol. The number of benzene rings is 2. The first-order valence-corrected chi connectivity index (χ1v) is 10.1. The van der Waals surface area contributed by atoms with Crippen LogP contribution in [-0.2, 0) is 24.3 Å². The highest BCUT2D eigenvalue weighted by Crippen LogP contribution is 2.15. The molecule has 0 spiro atoms. The van der Waals surface area contributed by atoms with Crippen molar-refractivity contribution >= 4 is 33.7 Å². The number of carbonyl (C=O) groups is 2. The van der Waals surface area contributed by atoms with Gasteiger partial charge in [0, 0.05) is 11.8 Å². The Morgan fingerprint density at radius 1 is 1.07 bits per heavy atom. The van der Waals surface area contributed by atoms with Crippen molar-refractivity contribution in [1.29, 1.82) is 0 Å². The molecule has 148 valence electrons. The minimum Gasteiger partial charge on any atom is -0.452 e. The van der Waals surface area contributed by atoms with Gasteiger partial charge in [-0.15, -0.1) is 0 Å². The lowest BCUT2D eigenvalue weighted by Crippen LogP contribution is -2.20. The summed E-state index contributed by atoms with van der Waals surface area (Å²) in [6.45, 7) is 3.73. The number of nitrogens with one attached hydrogen (secondary N) is 1. The van der Waals surface area contributed by atoms with Crippen molar-refractivity contribution in [2.45, 2.75) is 24.7 Å². The number of sulfonamides is 1. The summed E-state index contributed by atoms with van der Waals surface area (Å²) in [4.78, 5) is 23.5. The molecule has 0 atom stereocenters. The van der Waals surface area contributed by atoms with Gasteiger partial charge < -0.3 is 10.1 Å². The van der Waals surface area contributed by atoms with Crippen molar-refractivity contribution < 1.29 is 22.7 Å². The Morgan fingerprint density at radius 3 is 2.21 bits per heavy atom. The summed E-state index contributed by atoms with van der Waals surface area (Å²) in [5.74, 6) is -0.767. The van der Waals surface area contributed by atoms with E-state index in [0.29, 0.717) is 11.6 Å². The minimum atomic E-state index is -3.80. The van der Waals surface area contributed by atoms with Crippen LogP contribution in [0.5, 0.6) is 0 Å². The fourth-order valence-electron chi connectivity index (χ4n) is 2.27. The molecule has 0 aromatic heterocycles. The van der Waals surface area contributed by atoms with Crippen molar-refractivity contribution in [1.82, 2.24) is 0 Å². The average Bonchev–Trinajstić information content (AvgIpc) is 2.64. The lowest BCUT2D eigenvalue weighted by atomic mass is 10.0. The van der Waals surface area contributed by atoms with Crippen LogP contribution >= 0.6 is 0 Å². The van der Waals surface area contributed by atoms with E-state index in [-0.39, 0.29) is 4.90 Å². The summed E-state index contributed by atoms with van der Waals surface area (Å²) >= 11 is 0. The van der Waals surface area contributed by atoms with E-state index in [4.69, 9.17) is 9.88 Å². The van der Waals surface area contributed by atoms with Gasteiger partial charge in [-0.1, -0.05) is 38.1 Å². The Balaban J connectivity index is 1.82. The van der Waals surface area contributed by atoms with Gasteiger partial charge in [0.15, 0.2) is 6.61 Å². The van der Waals surface area contributed by atoms with Crippen LogP contribution in [0, 0.1) is 0 Å². The third kappa shape index (κ3) is 6.64. The smallest absolute Gasteiger partial charge is 0.331 e. The molecule has 28 heavy (non-hydrogen) atoms. The number of rotatable bonds is 7. The second kappa shape index (κ2) is 9.29. The number of esters is 1. The van der Waals surface area contributed by atoms with Gasteiger partial charge in [0.1, 0.15) is 0 Å². The molecule has 8 heteroatoms. The van der Waals surface area contributed by atoms with E-state index >= 15 is 0 Å². The summed E-state index contributed by atoms with van der Waals surface area (Å²) in [6.07, 6.45) is 2.86. The SMILES string of the molecule is CC(C)c1ccc(/C=C/C(=O)OCC(=O)Nc2ccc(S(N)(=O)=O)cc2)cc1. The topological polar surface area (TPSA) is 116 Å². The molecule has 1 amide bonds. The monoisotopic (exact) mass is 402 g/mol. The average molecular weight is 402 g/mol. The molecular weight excluding hydrogens is 380 g/mol. The molecule has 3 N–H and O–H groups in total. The fourth-order valence-corrected chi connectivity index (χ4v) is 2.78. The third-order valence-electron chi connectivity index (χ3n) is 3.83. The molecule has 0 saturated heterocycles. The Kier molecular flexibility index (Phi) is 7.08. The van der Waals surface area contributed by atoms with Crippen LogP contribution in [0.3, 0.4) is 0 Å². The molecule has 0 fully saturated rings. The molecule has 0 heterocycles. The fraction of sp³-hybridized carbons (Fsp3) is 0.200. The number of anilines is 1. The van der Waals surface area contributed by atoms with Gasteiger partial charge in [0.25, 0.3) is 5.91 Å². The van der Waals surface area contributed by atoms with Gasteiger partial charge in [-0.25, -0.2) is 18.4 Å². The van der Waals surface area contributed by atoms with Crippen molar-refractivity contribution in [3.63, 3.8) is 0 Å². The molecule has 2 aromatic rings. The molecular formula is C20H22N2O5S. The van der Waals surface area contributed by atoms with Crippen LogP contribution in [0.15, 0.2) is 59.5 Å². The Labute approximate surface area is 164 Å². The zero-order valence-electron chi connectivity index (χ0n) is 15.6. The molecule has 0 aliphatic carbocycles. The minimum absolute atomic E-state index is 0.0662. The van der Waals surface area contributed by atoms with E-state index in [1.54, 1.807) is 6.08 Å². The zero-order valence-corrected chi connectivity index (χ0v) is 16.4. The van der Waals surface area contributed by atoms with Gasteiger partial charge in [-0.2, -0.15) is 0 Å². The van der Waals surface area contributed by atoms with E-state index in [2.05, 4.69) is 19.2 Å². The maximum Gasteiger partial charge on any atom is 0.331 e. The van der Waals surface area contributed by atoms with E-state index in [1.807, 2.05) is 24.3 Å². The normalized spacial score (nSPS) is 11.6. The van der Waals surface area contributed by atoms with Crippen LogP contribution in [0.25, 0.3) is 6.08 Å². The summed E-state index contributed by atoms with van der Waals surface area (Å²) in [5, 5.41) is 7.49. The summed E-state index contributed by atoms with van der Waals surface area (Å²) < 4.78 is 27.2. The highest BCUT2D eigenvalue weighted by molar-refractivity contribution is 7.89. The van der Waals surface area contributed by atoms with Gasteiger partial charge in [-0.05, 0) is 47.4 Å². The highest BCUT2D eigenvalue weighted by atomic mass is 32.2. The van der Waals surface area contributed by atoms with Crippen molar-refractivity contribution in [2.75, 3.05) is 11.9 Å². The molecule has 0 aliphatic heterocycles. The van der Waals surface area contributed by atoms with Crippen molar-refractivity contribution in [3.8, 4) is 0 Å². The molecule has 0 unspecified atom stereocenters. The molecule has 7 nitrogen and oxygen atoms in total. The highest BCUT2D eigenvalue weighted by Gasteiger charge is 2.09. The number of ether oxygens (including phenoxy) is 1.